The van der Waals surface area contributed by atoms with E-state index < -0.39 is 47.5 Å². The van der Waals surface area contributed by atoms with E-state index in [0.29, 0.717) is 12.2 Å². The summed E-state index contributed by atoms with van der Waals surface area (Å²) in [5.41, 5.74) is 6.66. The Kier molecular flexibility index (Phi) is 14.0. The van der Waals surface area contributed by atoms with Gasteiger partial charge in [0.1, 0.15) is 35.6 Å². The molecule has 0 radical (unpaired) electrons. The van der Waals surface area contributed by atoms with Crippen molar-refractivity contribution in [1.82, 2.24) is 10.6 Å². The smallest absolute Gasteiger partial charge is 0.328 e. The summed E-state index contributed by atoms with van der Waals surface area (Å²) in [6, 6.07) is 13.4. The van der Waals surface area contributed by atoms with Gasteiger partial charge < -0.3 is 30.6 Å². The Morgan fingerprint density at radius 3 is 1.93 bits per heavy atom. The zero-order valence-corrected chi connectivity index (χ0v) is 28.0. The number of rotatable bonds is 15. The lowest BCUT2D eigenvalue weighted by Crippen LogP contribution is -2.55. The molecule has 10 nitrogen and oxygen atoms in total. The van der Waals surface area contributed by atoms with Crippen molar-refractivity contribution < 1.29 is 33.4 Å². The lowest BCUT2D eigenvalue weighted by Gasteiger charge is -2.25. The number of nitrogens with two attached hydrogens (primary N) is 1. The van der Waals surface area contributed by atoms with Crippen LogP contribution in [0, 0.1) is 5.92 Å². The molecule has 2 aromatic carbocycles. The van der Waals surface area contributed by atoms with Gasteiger partial charge in [-0.3, -0.25) is 14.4 Å². The predicted molar refractivity (Wildman–Crippen MR) is 173 cm³/mol. The number of benzene rings is 2. The molecule has 0 unspecified atom stereocenters. The highest BCUT2D eigenvalue weighted by Crippen LogP contribution is 2.19. The van der Waals surface area contributed by atoms with Gasteiger partial charge in [0.25, 0.3) is 0 Å². The van der Waals surface area contributed by atoms with E-state index in [1.165, 1.54) is 0 Å². The van der Waals surface area contributed by atoms with E-state index >= 15 is 0 Å². The molecule has 2 amide bonds. The maximum atomic E-state index is 13.7. The lowest BCUT2D eigenvalue weighted by atomic mass is 10.0. The lowest BCUT2D eigenvalue weighted by molar-refractivity contribution is -0.155. The molecular formula is C35H51N3O7. The molecule has 2 aromatic rings. The van der Waals surface area contributed by atoms with E-state index in [2.05, 4.69) is 10.6 Å². The minimum Gasteiger partial charge on any atom is -0.488 e. The zero-order valence-electron chi connectivity index (χ0n) is 28.0. The summed E-state index contributed by atoms with van der Waals surface area (Å²) in [5.74, 6) is -1.45. The molecule has 10 heteroatoms. The average Bonchev–Trinajstić information content (AvgIpc) is 2.93. The van der Waals surface area contributed by atoms with Crippen molar-refractivity contribution >= 4 is 23.8 Å². The highest BCUT2D eigenvalue weighted by atomic mass is 16.6. The van der Waals surface area contributed by atoms with Crippen LogP contribution in [0.5, 0.6) is 5.75 Å². The van der Waals surface area contributed by atoms with Gasteiger partial charge in [-0.05, 0) is 83.6 Å². The molecule has 0 heterocycles. The first kappa shape index (κ1) is 37.3. The SMILES string of the molecule is CC(C)C[C@H](NC(=O)[C@H](Cc1ccc(OC(C)(C)C)cc1)NC(=O)[C@@H](N)CCC(=O)OC(C)(C)C)C(=O)OCc1ccccc1. The van der Waals surface area contributed by atoms with Crippen LogP contribution in [0.15, 0.2) is 54.6 Å². The molecule has 4 N–H and O–H groups in total. The molecule has 2 rings (SSSR count). The van der Waals surface area contributed by atoms with Crippen LogP contribution in [0.3, 0.4) is 0 Å². The summed E-state index contributed by atoms with van der Waals surface area (Å²) in [7, 11) is 0. The van der Waals surface area contributed by atoms with Crippen molar-refractivity contribution in [2.75, 3.05) is 0 Å². The number of hydrogen-bond donors (Lipinski definition) is 3. The predicted octanol–water partition coefficient (Wildman–Crippen LogP) is 4.61. The van der Waals surface area contributed by atoms with E-state index in [9.17, 15) is 19.2 Å². The normalized spacial score (nSPS) is 13.7. The van der Waals surface area contributed by atoms with Crippen molar-refractivity contribution in [3.63, 3.8) is 0 Å². The Bertz CT molecular complexity index is 1250. The maximum Gasteiger partial charge on any atom is 0.328 e. The van der Waals surface area contributed by atoms with Crippen LogP contribution in [0.25, 0.3) is 0 Å². The largest absolute Gasteiger partial charge is 0.488 e. The molecule has 3 atom stereocenters. The van der Waals surface area contributed by atoms with Crippen LogP contribution in [0.4, 0.5) is 0 Å². The summed E-state index contributed by atoms with van der Waals surface area (Å²) >= 11 is 0. The molecule has 0 aliphatic heterocycles. The summed E-state index contributed by atoms with van der Waals surface area (Å²) in [4.78, 5) is 52.1. The van der Waals surface area contributed by atoms with Gasteiger partial charge in [0, 0.05) is 12.8 Å². The van der Waals surface area contributed by atoms with Gasteiger partial charge in [-0.1, -0.05) is 56.3 Å². The molecule has 45 heavy (non-hydrogen) atoms. The Morgan fingerprint density at radius 2 is 1.38 bits per heavy atom. The summed E-state index contributed by atoms with van der Waals surface area (Å²) in [6.45, 7) is 15.1. The number of carbonyl (C=O) groups is 4. The van der Waals surface area contributed by atoms with Gasteiger partial charge in [0.05, 0.1) is 6.04 Å². The first-order chi connectivity index (χ1) is 20.9. The molecule has 0 aliphatic rings. The second kappa shape index (κ2) is 17.0. The highest BCUT2D eigenvalue weighted by Gasteiger charge is 2.30. The third-order valence-corrected chi connectivity index (χ3v) is 6.37. The van der Waals surface area contributed by atoms with Crippen molar-refractivity contribution in [3.8, 4) is 5.75 Å². The monoisotopic (exact) mass is 625 g/mol. The van der Waals surface area contributed by atoms with Crippen LogP contribution in [-0.4, -0.2) is 53.1 Å². The molecule has 0 saturated heterocycles. The zero-order chi connectivity index (χ0) is 33.8. The Balaban J connectivity index is 2.20. The fourth-order valence-electron chi connectivity index (χ4n) is 4.35. The molecule has 0 spiro atoms. The third-order valence-electron chi connectivity index (χ3n) is 6.37. The Morgan fingerprint density at radius 1 is 0.778 bits per heavy atom. The van der Waals surface area contributed by atoms with E-state index in [1.54, 1.807) is 32.9 Å². The van der Waals surface area contributed by atoms with Crippen molar-refractivity contribution in [2.24, 2.45) is 11.7 Å². The van der Waals surface area contributed by atoms with E-state index in [-0.39, 0.29) is 37.4 Å². The minimum atomic E-state index is -1.06. The summed E-state index contributed by atoms with van der Waals surface area (Å²) in [6.07, 6.45) is 0.450. The number of carbonyl (C=O) groups excluding carboxylic acids is 4. The number of nitrogens with one attached hydrogen (secondary N) is 2. The molecule has 0 aliphatic carbocycles. The summed E-state index contributed by atoms with van der Waals surface area (Å²) < 4.78 is 16.7. The molecule has 0 aromatic heterocycles. The Labute approximate surface area is 267 Å². The first-order valence-corrected chi connectivity index (χ1v) is 15.5. The van der Waals surface area contributed by atoms with Gasteiger partial charge in [0.15, 0.2) is 0 Å². The van der Waals surface area contributed by atoms with Gasteiger partial charge in [-0.25, -0.2) is 4.79 Å². The van der Waals surface area contributed by atoms with E-state index in [4.69, 9.17) is 19.9 Å². The van der Waals surface area contributed by atoms with Gasteiger partial charge >= 0.3 is 11.9 Å². The second-order valence-corrected chi connectivity index (χ2v) is 13.6. The highest BCUT2D eigenvalue weighted by molar-refractivity contribution is 5.92. The molecule has 0 saturated carbocycles. The number of ether oxygens (including phenoxy) is 3. The third kappa shape index (κ3) is 15.1. The molecule has 248 valence electrons. The molecule has 0 fully saturated rings. The van der Waals surface area contributed by atoms with Crippen molar-refractivity contribution in [1.29, 1.82) is 0 Å². The van der Waals surface area contributed by atoms with Crippen LogP contribution >= 0.6 is 0 Å². The number of esters is 2. The number of amides is 2. The first-order valence-electron chi connectivity index (χ1n) is 15.5. The Hall–Kier alpha value is -3.92. The molecule has 0 bridgehead atoms. The maximum absolute atomic E-state index is 13.7. The van der Waals surface area contributed by atoms with Gasteiger partial charge in [-0.15, -0.1) is 0 Å². The van der Waals surface area contributed by atoms with Gasteiger partial charge in [-0.2, -0.15) is 0 Å². The van der Waals surface area contributed by atoms with Crippen molar-refractivity contribution in [3.05, 3.63) is 65.7 Å². The van der Waals surface area contributed by atoms with E-state index in [1.807, 2.05) is 77.1 Å². The fourth-order valence-corrected chi connectivity index (χ4v) is 4.35. The average molecular weight is 626 g/mol. The van der Waals surface area contributed by atoms with Gasteiger partial charge in [0.2, 0.25) is 11.8 Å². The standard InChI is InChI=1S/C35H51N3O7/c1-23(2)20-29(33(42)43-22-25-12-10-9-11-13-25)38-32(41)28(21-24-14-16-26(17-15-24)44-34(3,4)5)37-31(40)27(36)18-19-30(39)45-35(6,7)8/h9-17,23,27-29H,18-22,36H2,1-8H3,(H,37,40)(H,38,41)/t27-,28-,29-/m0/s1. The number of hydrogen-bond acceptors (Lipinski definition) is 8. The molecular weight excluding hydrogens is 574 g/mol. The van der Waals surface area contributed by atoms with E-state index in [0.717, 1.165) is 11.1 Å². The van der Waals surface area contributed by atoms with Crippen LogP contribution < -0.4 is 21.1 Å². The quantitative estimate of drug-likeness (QED) is 0.243. The van der Waals surface area contributed by atoms with Crippen LogP contribution in [-0.2, 0) is 41.7 Å². The minimum absolute atomic E-state index is 0.0374. The summed E-state index contributed by atoms with van der Waals surface area (Å²) in [5, 5.41) is 5.53. The second-order valence-electron chi connectivity index (χ2n) is 13.6. The van der Waals surface area contributed by atoms with Crippen LogP contribution in [0.1, 0.15) is 85.8 Å². The van der Waals surface area contributed by atoms with Crippen molar-refractivity contribution in [2.45, 2.75) is 117 Å². The van der Waals surface area contributed by atoms with Crippen LogP contribution in [0.2, 0.25) is 0 Å². The fraction of sp³-hybridized carbons (Fsp3) is 0.543. The topological polar surface area (TPSA) is 146 Å².